The molecule has 116 valence electrons. The van der Waals surface area contributed by atoms with Crippen LogP contribution >= 0.6 is 0 Å². The van der Waals surface area contributed by atoms with Crippen LogP contribution in [0.5, 0.6) is 0 Å². The van der Waals surface area contributed by atoms with E-state index in [2.05, 4.69) is 15.6 Å². The number of aromatic nitrogens is 1. The van der Waals surface area contributed by atoms with Crippen LogP contribution in [0.25, 0.3) is 0 Å². The first kappa shape index (κ1) is 15.8. The van der Waals surface area contributed by atoms with E-state index in [0.29, 0.717) is 12.1 Å². The van der Waals surface area contributed by atoms with Gasteiger partial charge in [-0.1, -0.05) is 18.2 Å². The van der Waals surface area contributed by atoms with E-state index < -0.39 is 17.8 Å². The van der Waals surface area contributed by atoms with Gasteiger partial charge in [-0.15, -0.1) is 0 Å². The van der Waals surface area contributed by atoms with Gasteiger partial charge in [-0.05, 0) is 29.3 Å². The Bertz CT molecular complexity index is 612. The lowest BCUT2D eigenvalue weighted by Gasteiger charge is -2.09. The molecule has 7 heteroatoms. The Morgan fingerprint density at radius 2 is 1.64 bits per heavy atom. The smallest absolute Gasteiger partial charge is 0.334 e. The molecule has 1 aromatic heterocycles. The Balaban J connectivity index is 1.79. The van der Waals surface area contributed by atoms with Crippen molar-refractivity contribution in [2.45, 2.75) is 19.3 Å². The fourth-order valence-electron chi connectivity index (χ4n) is 1.74. The molecule has 22 heavy (non-hydrogen) atoms. The third-order valence-electron chi connectivity index (χ3n) is 2.91. The van der Waals surface area contributed by atoms with Gasteiger partial charge in [0.1, 0.15) is 0 Å². The first-order valence-corrected chi connectivity index (χ1v) is 6.52. The molecular weight excluding hydrogens is 295 g/mol. The summed E-state index contributed by atoms with van der Waals surface area (Å²) < 4.78 is 37.2. The van der Waals surface area contributed by atoms with Crippen LogP contribution in [-0.2, 0) is 19.3 Å². The van der Waals surface area contributed by atoms with Crippen molar-refractivity contribution in [1.29, 1.82) is 0 Å². The summed E-state index contributed by atoms with van der Waals surface area (Å²) in [6.45, 7) is 0.476. The quantitative estimate of drug-likeness (QED) is 0.912. The van der Waals surface area contributed by atoms with Crippen LogP contribution < -0.4 is 10.6 Å². The van der Waals surface area contributed by atoms with Crippen molar-refractivity contribution in [3.63, 3.8) is 0 Å². The second kappa shape index (κ2) is 6.93. The molecule has 0 atom stereocenters. The van der Waals surface area contributed by atoms with E-state index in [1.165, 1.54) is 12.1 Å². The maximum absolute atomic E-state index is 12.4. The number of carbonyl (C=O) groups is 1. The second-order valence-corrected chi connectivity index (χ2v) is 4.59. The van der Waals surface area contributed by atoms with Gasteiger partial charge in [-0.2, -0.15) is 13.2 Å². The first-order chi connectivity index (χ1) is 10.4. The summed E-state index contributed by atoms with van der Waals surface area (Å²) in [4.78, 5) is 15.5. The number of hydrogen-bond acceptors (Lipinski definition) is 2. The van der Waals surface area contributed by atoms with Crippen molar-refractivity contribution in [3.8, 4) is 0 Å². The van der Waals surface area contributed by atoms with E-state index in [9.17, 15) is 18.0 Å². The zero-order valence-corrected chi connectivity index (χ0v) is 11.5. The van der Waals surface area contributed by atoms with Crippen molar-refractivity contribution < 1.29 is 18.0 Å². The predicted octanol–water partition coefficient (Wildman–Crippen LogP) is 3.10. The number of amides is 2. The minimum Gasteiger partial charge on any atom is -0.334 e. The van der Waals surface area contributed by atoms with E-state index in [-0.39, 0.29) is 6.54 Å². The third-order valence-corrected chi connectivity index (χ3v) is 2.91. The molecule has 2 aromatic rings. The molecule has 2 rings (SSSR count). The maximum Gasteiger partial charge on any atom is 0.416 e. The minimum atomic E-state index is -4.35. The average Bonchev–Trinajstić information content (AvgIpc) is 2.51. The number of hydrogen-bond donors (Lipinski definition) is 2. The molecule has 1 heterocycles. The fraction of sp³-hybridized carbons (Fsp3) is 0.200. The Labute approximate surface area is 125 Å². The van der Waals surface area contributed by atoms with Gasteiger partial charge in [0.15, 0.2) is 0 Å². The first-order valence-electron chi connectivity index (χ1n) is 6.52. The van der Waals surface area contributed by atoms with Crippen LogP contribution in [-0.4, -0.2) is 11.0 Å². The normalized spacial score (nSPS) is 11.0. The Morgan fingerprint density at radius 3 is 2.18 bits per heavy atom. The maximum atomic E-state index is 12.4. The predicted molar refractivity (Wildman–Crippen MR) is 74.8 cm³/mol. The molecule has 2 N–H and O–H groups in total. The highest BCUT2D eigenvalue weighted by Gasteiger charge is 2.29. The average molecular weight is 309 g/mol. The number of alkyl halides is 3. The minimum absolute atomic E-state index is 0.150. The van der Waals surface area contributed by atoms with Crippen LogP contribution in [0.1, 0.15) is 16.7 Å². The highest BCUT2D eigenvalue weighted by Crippen LogP contribution is 2.28. The molecule has 4 nitrogen and oxygen atoms in total. The summed E-state index contributed by atoms with van der Waals surface area (Å²) in [7, 11) is 0. The number of nitrogens with zero attached hydrogens (tertiary/aromatic N) is 1. The number of benzene rings is 1. The standard InChI is InChI=1S/C15H14F3N3O/c16-15(17,18)13-5-3-11(4-6-13)9-20-14(22)21-10-12-2-1-7-19-8-12/h1-8H,9-10H2,(H2,20,21,22). The van der Waals surface area contributed by atoms with Gasteiger partial charge in [0.25, 0.3) is 0 Å². The summed E-state index contributed by atoms with van der Waals surface area (Å²) in [5.41, 5.74) is 0.731. The highest BCUT2D eigenvalue weighted by atomic mass is 19.4. The largest absolute Gasteiger partial charge is 0.416 e. The molecule has 0 aliphatic carbocycles. The highest BCUT2D eigenvalue weighted by molar-refractivity contribution is 5.73. The van der Waals surface area contributed by atoms with Gasteiger partial charge in [-0.25, -0.2) is 4.79 Å². The Kier molecular flexibility index (Phi) is 4.98. The van der Waals surface area contributed by atoms with E-state index in [0.717, 1.165) is 17.7 Å². The summed E-state index contributed by atoms with van der Waals surface area (Å²) in [5, 5.41) is 5.21. The zero-order valence-electron chi connectivity index (χ0n) is 11.5. The van der Waals surface area contributed by atoms with Gasteiger partial charge in [-0.3, -0.25) is 4.98 Å². The van der Waals surface area contributed by atoms with Gasteiger partial charge in [0.05, 0.1) is 5.56 Å². The summed E-state index contributed by atoms with van der Waals surface area (Å²) in [6.07, 6.45) is -1.09. The van der Waals surface area contributed by atoms with E-state index >= 15 is 0 Å². The molecule has 0 aliphatic heterocycles. The molecule has 0 saturated heterocycles. The molecular formula is C15H14F3N3O. The molecule has 0 radical (unpaired) electrons. The number of rotatable bonds is 4. The second-order valence-electron chi connectivity index (χ2n) is 4.59. The molecule has 0 fully saturated rings. The molecule has 0 aliphatic rings. The Hall–Kier alpha value is -2.57. The fourth-order valence-corrected chi connectivity index (χ4v) is 1.74. The molecule has 2 amide bonds. The zero-order chi connectivity index (χ0) is 16.0. The van der Waals surface area contributed by atoms with E-state index in [4.69, 9.17) is 0 Å². The van der Waals surface area contributed by atoms with E-state index in [1.54, 1.807) is 18.5 Å². The van der Waals surface area contributed by atoms with Crippen molar-refractivity contribution in [3.05, 3.63) is 65.5 Å². The molecule has 0 spiro atoms. The monoisotopic (exact) mass is 309 g/mol. The van der Waals surface area contributed by atoms with Gasteiger partial charge < -0.3 is 10.6 Å². The van der Waals surface area contributed by atoms with Crippen molar-refractivity contribution in [2.24, 2.45) is 0 Å². The van der Waals surface area contributed by atoms with Gasteiger partial charge >= 0.3 is 12.2 Å². The van der Waals surface area contributed by atoms with E-state index in [1.807, 2.05) is 6.07 Å². The van der Waals surface area contributed by atoms with Crippen LogP contribution in [0.4, 0.5) is 18.0 Å². The Morgan fingerprint density at radius 1 is 1.00 bits per heavy atom. The van der Waals surface area contributed by atoms with Crippen LogP contribution in [0.2, 0.25) is 0 Å². The van der Waals surface area contributed by atoms with Gasteiger partial charge in [0.2, 0.25) is 0 Å². The van der Waals surface area contributed by atoms with Crippen molar-refractivity contribution in [1.82, 2.24) is 15.6 Å². The number of carbonyl (C=O) groups excluding carboxylic acids is 1. The lowest BCUT2D eigenvalue weighted by Crippen LogP contribution is -2.34. The number of nitrogens with one attached hydrogen (secondary N) is 2. The summed E-state index contributed by atoms with van der Waals surface area (Å²) in [5.74, 6) is 0. The lowest BCUT2D eigenvalue weighted by molar-refractivity contribution is -0.137. The molecule has 1 aromatic carbocycles. The number of halogens is 3. The van der Waals surface area contributed by atoms with Crippen LogP contribution in [0, 0.1) is 0 Å². The number of urea groups is 1. The summed E-state index contributed by atoms with van der Waals surface area (Å²) in [6, 6.07) is 7.84. The molecule has 0 bridgehead atoms. The molecule has 0 unspecified atom stereocenters. The summed E-state index contributed by atoms with van der Waals surface area (Å²) >= 11 is 0. The number of pyridine rings is 1. The lowest BCUT2D eigenvalue weighted by atomic mass is 10.1. The van der Waals surface area contributed by atoms with Crippen molar-refractivity contribution in [2.75, 3.05) is 0 Å². The van der Waals surface area contributed by atoms with Gasteiger partial charge in [0, 0.05) is 25.5 Å². The van der Waals surface area contributed by atoms with Crippen LogP contribution in [0.3, 0.4) is 0 Å². The topological polar surface area (TPSA) is 54.0 Å². The SMILES string of the molecule is O=C(NCc1ccc(C(F)(F)F)cc1)NCc1cccnc1. The third kappa shape index (κ3) is 4.76. The molecule has 0 saturated carbocycles. The van der Waals surface area contributed by atoms with Crippen molar-refractivity contribution >= 4 is 6.03 Å². The van der Waals surface area contributed by atoms with Crippen LogP contribution in [0.15, 0.2) is 48.8 Å².